The third kappa shape index (κ3) is 4.61. The molecule has 0 bridgehead atoms. The molecule has 170 valence electrons. The number of hydrogen-bond acceptors (Lipinski definition) is 5. The molecule has 0 saturated carbocycles. The first-order chi connectivity index (χ1) is 14.8. The molecule has 32 heavy (non-hydrogen) atoms. The topological polar surface area (TPSA) is 110 Å². The average Bonchev–Trinajstić information content (AvgIpc) is 2.71. The Bertz CT molecular complexity index is 1370. The summed E-state index contributed by atoms with van der Waals surface area (Å²) in [6, 6.07) is 7.72. The van der Waals surface area contributed by atoms with Gasteiger partial charge >= 0.3 is 6.18 Å². The van der Waals surface area contributed by atoms with Gasteiger partial charge in [0.2, 0.25) is 0 Å². The van der Waals surface area contributed by atoms with E-state index in [1.165, 1.54) is 12.1 Å². The van der Waals surface area contributed by atoms with E-state index in [-0.39, 0.29) is 16.5 Å². The van der Waals surface area contributed by atoms with Gasteiger partial charge < -0.3 is 0 Å². The molecule has 0 radical (unpaired) electrons. The zero-order chi connectivity index (χ0) is 23.8. The first kappa shape index (κ1) is 23.7. The largest absolute Gasteiger partial charge is 0.417 e. The molecule has 0 fully saturated rings. The molecule has 0 unspecified atom stereocenters. The van der Waals surface area contributed by atoms with Gasteiger partial charge in [0.25, 0.3) is 21.5 Å². The second kappa shape index (κ2) is 8.52. The number of carbonyl (C=O) groups is 1. The third-order valence-corrected chi connectivity index (χ3v) is 5.96. The predicted octanol–water partition coefficient (Wildman–Crippen LogP) is 3.27. The molecular weight excluding hydrogens is 473 g/mol. The fraction of sp³-hybridized carbons (Fsp3) is 0.211. The zero-order valence-electron chi connectivity index (χ0n) is 16.6. The van der Waals surface area contributed by atoms with Gasteiger partial charge in [-0.2, -0.15) is 18.3 Å². The van der Waals surface area contributed by atoms with Crippen LogP contribution in [-0.2, 0) is 16.2 Å². The molecule has 0 atom stereocenters. The highest BCUT2D eigenvalue weighted by atomic mass is 35.5. The Morgan fingerprint density at radius 2 is 1.75 bits per heavy atom. The smallest absolute Gasteiger partial charge is 0.272 e. The van der Waals surface area contributed by atoms with Crippen molar-refractivity contribution in [2.24, 2.45) is 0 Å². The van der Waals surface area contributed by atoms with Crippen molar-refractivity contribution in [3.05, 3.63) is 69.1 Å². The van der Waals surface area contributed by atoms with E-state index in [1.54, 1.807) is 30.8 Å². The van der Waals surface area contributed by atoms with Gasteiger partial charge in [0.05, 0.1) is 26.9 Å². The number of rotatable bonds is 5. The number of hydrazine groups is 1. The molecule has 13 heteroatoms. The lowest BCUT2D eigenvalue weighted by Crippen LogP contribution is -2.42. The normalized spacial score (nSPS) is 12.3. The summed E-state index contributed by atoms with van der Waals surface area (Å²) in [6.45, 7) is 3.35. The molecule has 3 aromatic rings. The van der Waals surface area contributed by atoms with Gasteiger partial charge in [0.1, 0.15) is 0 Å². The first-order valence-corrected chi connectivity index (χ1v) is 10.9. The fourth-order valence-electron chi connectivity index (χ4n) is 2.84. The van der Waals surface area contributed by atoms with E-state index in [1.807, 2.05) is 5.43 Å². The number of alkyl halides is 3. The number of hydrogen-bond donors (Lipinski definition) is 2. The monoisotopic (exact) mass is 488 g/mol. The van der Waals surface area contributed by atoms with Crippen LogP contribution in [0.3, 0.4) is 0 Å². The summed E-state index contributed by atoms with van der Waals surface area (Å²) >= 11 is 5.51. The lowest BCUT2D eigenvalue weighted by Gasteiger charge is -2.14. The molecular formula is C19H16ClF3N4O4S. The molecule has 2 N–H and O–H groups in total. The van der Waals surface area contributed by atoms with E-state index in [9.17, 15) is 31.2 Å². The minimum Gasteiger partial charge on any atom is -0.272 e. The minimum atomic E-state index is -4.88. The Balaban J connectivity index is 1.95. The SMILES string of the molecule is CC(C)n1nc(C(=O)NNS(=O)(=O)c2ccc(Cl)c(C(F)(F)F)c2)c2ccccc2c1=O. The lowest BCUT2D eigenvalue weighted by molar-refractivity contribution is -0.137. The Kier molecular flexibility index (Phi) is 6.31. The summed E-state index contributed by atoms with van der Waals surface area (Å²) < 4.78 is 65.0. The summed E-state index contributed by atoms with van der Waals surface area (Å²) in [5.74, 6) is -1.01. The highest BCUT2D eigenvalue weighted by Crippen LogP contribution is 2.35. The van der Waals surface area contributed by atoms with Crippen LogP contribution < -0.4 is 15.8 Å². The second-order valence-electron chi connectivity index (χ2n) is 6.94. The van der Waals surface area contributed by atoms with E-state index in [0.717, 1.165) is 16.8 Å². The van der Waals surface area contributed by atoms with E-state index >= 15 is 0 Å². The van der Waals surface area contributed by atoms with Crippen molar-refractivity contribution in [1.82, 2.24) is 20.0 Å². The van der Waals surface area contributed by atoms with E-state index in [0.29, 0.717) is 6.07 Å². The number of aromatic nitrogens is 2. The van der Waals surface area contributed by atoms with Gasteiger partial charge in [-0.25, -0.2) is 13.1 Å². The molecule has 1 aromatic heterocycles. The molecule has 0 spiro atoms. The van der Waals surface area contributed by atoms with E-state index < -0.39 is 49.2 Å². The quantitative estimate of drug-likeness (QED) is 0.536. The van der Waals surface area contributed by atoms with Crippen LogP contribution in [0.25, 0.3) is 10.8 Å². The fourth-order valence-corrected chi connectivity index (χ4v) is 3.93. The Morgan fingerprint density at radius 3 is 2.34 bits per heavy atom. The van der Waals surface area contributed by atoms with Crippen molar-refractivity contribution in [2.45, 2.75) is 31.0 Å². The summed E-state index contributed by atoms with van der Waals surface area (Å²) in [7, 11) is -4.59. The molecule has 8 nitrogen and oxygen atoms in total. The summed E-state index contributed by atoms with van der Waals surface area (Å²) in [4.78, 5) is 26.2. The summed E-state index contributed by atoms with van der Waals surface area (Å²) in [5.41, 5.74) is -0.106. The van der Waals surface area contributed by atoms with Crippen LogP contribution in [0.15, 0.2) is 52.2 Å². The molecule has 0 aliphatic carbocycles. The van der Waals surface area contributed by atoms with Gasteiger partial charge in [-0.3, -0.25) is 15.0 Å². The van der Waals surface area contributed by atoms with Gasteiger partial charge in [0, 0.05) is 5.39 Å². The Morgan fingerprint density at radius 1 is 1.12 bits per heavy atom. The highest BCUT2D eigenvalue weighted by molar-refractivity contribution is 7.89. The van der Waals surface area contributed by atoms with Crippen LogP contribution in [0.4, 0.5) is 13.2 Å². The highest BCUT2D eigenvalue weighted by Gasteiger charge is 2.34. The maximum Gasteiger partial charge on any atom is 0.417 e. The summed E-state index contributed by atoms with van der Waals surface area (Å²) in [6.07, 6.45) is -4.88. The number of benzene rings is 2. The second-order valence-corrected chi connectivity index (χ2v) is 9.03. The van der Waals surface area contributed by atoms with Gasteiger partial charge in [0.15, 0.2) is 5.69 Å². The maximum atomic E-state index is 13.0. The zero-order valence-corrected chi connectivity index (χ0v) is 18.1. The van der Waals surface area contributed by atoms with Crippen LogP contribution >= 0.6 is 11.6 Å². The third-order valence-electron chi connectivity index (χ3n) is 4.39. The molecule has 3 rings (SSSR count). The number of amides is 1. The maximum absolute atomic E-state index is 13.0. The molecule has 2 aromatic carbocycles. The lowest BCUT2D eigenvalue weighted by atomic mass is 10.1. The summed E-state index contributed by atoms with van der Waals surface area (Å²) in [5, 5.41) is 3.72. The van der Waals surface area contributed by atoms with Crippen molar-refractivity contribution in [3.8, 4) is 0 Å². The molecule has 0 saturated heterocycles. The number of nitrogens with zero attached hydrogens (tertiary/aromatic N) is 2. The van der Waals surface area contributed by atoms with Gasteiger partial charge in [-0.1, -0.05) is 29.8 Å². The number of halogens is 4. The molecule has 0 aliphatic heterocycles. The molecule has 1 amide bonds. The van der Waals surface area contributed by atoms with Gasteiger partial charge in [-0.05, 0) is 38.1 Å². The standard InChI is InChI=1S/C19H16ClF3N4O4S/c1-10(2)27-18(29)13-6-4-3-5-12(13)16(25-27)17(28)24-26-32(30,31)11-7-8-15(20)14(9-11)19(21,22)23/h3-10,26H,1-2H3,(H,24,28). The van der Waals surface area contributed by atoms with Gasteiger partial charge in [-0.15, -0.1) is 4.83 Å². The van der Waals surface area contributed by atoms with E-state index in [4.69, 9.17) is 11.6 Å². The van der Waals surface area contributed by atoms with Crippen LogP contribution in [-0.4, -0.2) is 24.1 Å². The Labute approximate surface area is 185 Å². The molecule has 1 heterocycles. The number of carbonyl (C=O) groups excluding carboxylic acids is 1. The van der Waals surface area contributed by atoms with Crippen LogP contribution in [0.2, 0.25) is 5.02 Å². The number of fused-ring (bicyclic) bond motifs is 1. The predicted molar refractivity (Wildman–Crippen MR) is 111 cm³/mol. The van der Waals surface area contributed by atoms with Crippen molar-refractivity contribution in [1.29, 1.82) is 0 Å². The van der Waals surface area contributed by atoms with Crippen LogP contribution in [0.1, 0.15) is 35.9 Å². The van der Waals surface area contributed by atoms with Crippen molar-refractivity contribution >= 4 is 38.3 Å². The van der Waals surface area contributed by atoms with Crippen molar-refractivity contribution in [3.63, 3.8) is 0 Å². The molecule has 0 aliphatic rings. The van der Waals surface area contributed by atoms with Crippen molar-refractivity contribution in [2.75, 3.05) is 0 Å². The Hall–Kier alpha value is -2.96. The average molecular weight is 489 g/mol. The number of nitrogens with one attached hydrogen (secondary N) is 2. The number of sulfonamides is 1. The van der Waals surface area contributed by atoms with Crippen molar-refractivity contribution < 1.29 is 26.4 Å². The van der Waals surface area contributed by atoms with E-state index in [2.05, 4.69) is 5.10 Å². The minimum absolute atomic E-state index is 0.178. The van der Waals surface area contributed by atoms with Crippen LogP contribution in [0.5, 0.6) is 0 Å². The first-order valence-electron chi connectivity index (χ1n) is 9.03. The van der Waals surface area contributed by atoms with Crippen LogP contribution in [0, 0.1) is 0 Å².